The van der Waals surface area contributed by atoms with Crippen LogP contribution < -0.4 is 10.6 Å². The summed E-state index contributed by atoms with van der Waals surface area (Å²) in [5.74, 6) is -0.663. The molecule has 1 aromatic carbocycles. The van der Waals surface area contributed by atoms with E-state index in [4.69, 9.17) is 17.0 Å². The van der Waals surface area contributed by atoms with Crippen LogP contribution in [0.2, 0.25) is 0 Å². The van der Waals surface area contributed by atoms with Gasteiger partial charge in [0.25, 0.3) is 0 Å². The van der Waals surface area contributed by atoms with Gasteiger partial charge in [-0.25, -0.2) is 9.18 Å². The summed E-state index contributed by atoms with van der Waals surface area (Å²) in [4.78, 5) is 13.4. The Morgan fingerprint density at radius 3 is 2.68 bits per heavy atom. The Labute approximate surface area is 190 Å². The molecule has 0 fully saturated rings. The number of hydrogen-bond donors (Lipinski definition) is 2. The van der Waals surface area contributed by atoms with E-state index in [1.54, 1.807) is 10.7 Å². The predicted molar refractivity (Wildman–Crippen MR) is 127 cm³/mol. The lowest BCUT2D eigenvalue weighted by Gasteiger charge is -2.12. The molecular weight excluding hydrogens is 435 g/mol. The number of esters is 1. The molecule has 2 heterocycles. The van der Waals surface area contributed by atoms with E-state index in [-0.39, 0.29) is 11.8 Å². The predicted octanol–water partition coefficient (Wildman–Crippen LogP) is 5.22. The van der Waals surface area contributed by atoms with Crippen LogP contribution in [0.15, 0.2) is 24.3 Å². The molecule has 0 spiro atoms. The third-order valence-electron chi connectivity index (χ3n) is 5.02. The number of anilines is 2. The number of ether oxygens (including phenoxy) is 1. The first kappa shape index (κ1) is 22.9. The van der Waals surface area contributed by atoms with Gasteiger partial charge >= 0.3 is 5.97 Å². The van der Waals surface area contributed by atoms with Crippen molar-refractivity contribution >= 4 is 45.3 Å². The Bertz CT molecular complexity index is 1140. The van der Waals surface area contributed by atoms with E-state index in [9.17, 15) is 9.18 Å². The molecule has 9 heteroatoms. The standard InChI is InChI=1S/C22H25FN4O2S2/c1-6-17-14(4)31-20(18(17)21(28)29-5)25-22(30)24-19-12(2)26-27(13(19)3)11-15-8-7-9-16(23)10-15/h7-10H,6,11H2,1-5H3,(H2,24,25,30). The highest BCUT2D eigenvalue weighted by Crippen LogP contribution is 2.34. The molecule has 0 aliphatic carbocycles. The van der Waals surface area contributed by atoms with Gasteiger partial charge in [-0.1, -0.05) is 19.1 Å². The van der Waals surface area contributed by atoms with Crippen molar-refractivity contribution in [2.75, 3.05) is 17.7 Å². The number of carbonyl (C=O) groups excluding carboxylic acids is 1. The fraction of sp³-hybridized carbons (Fsp3) is 0.318. The summed E-state index contributed by atoms with van der Waals surface area (Å²) in [5.41, 5.74) is 4.71. The number of halogens is 1. The Morgan fingerprint density at radius 2 is 2.03 bits per heavy atom. The molecule has 0 radical (unpaired) electrons. The van der Waals surface area contributed by atoms with Gasteiger partial charge in [0.1, 0.15) is 10.8 Å². The van der Waals surface area contributed by atoms with Gasteiger partial charge in [-0.3, -0.25) is 4.68 Å². The van der Waals surface area contributed by atoms with Crippen LogP contribution in [0.4, 0.5) is 15.1 Å². The van der Waals surface area contributed by atoms with E-state index < -0.39 is 0 Å². The van der Waals surface area contributed by atoms with E-state index in [0.717, 1.165) is 39.5 Å². The van der Waals surface area contributed by atoms with Crippen molar-refractivity contribution in [3.05, 3.63) is 63.0 Å². The van der Waals surface area contributed by atoms with Gasteiger partial charge in [0, 0.05) is 4.88 Å². The molecule has 0 saturated carbocycles. The van der Waals surface area contributed by atoms with Crippen molar-refractivity contribution in [3.8, 4) is 0 Å². The fourth-order valence-corrected chi connectivity index (χ4v) is 4.90. The average molecular weight is 461 g/mol. The summed E-state index contributed by atoms with van der Waals surface area (Å²) in [6.07, 6.45) is 0.722. The number of nitrogens with zero attached hydrogens (tertiary/aromatic N) is 2. The van der Waals surface area contributed by atoms with Crippen molar-refractivity contribution < 1.29 is 13.9 Å². The van der Waals surface area contributed by atoms with E-state index in [2.05, 4.69) is 15.7 Å². The van der Waals surface area contributed by atoms with Gasteiger partial charge < -0.3 is 15.4 Å². The highest BCUT2D eigenvalue weighted by Gasteiger charge is 2.23. The van der Waals surface area contributed by atoms with Crippen molar-refractivity contribution in [2.45, 2.75) is 40.7 Å². The molecule has 0 atom stereocenters. The first-order chi connectivity index (χ1) is 14.7. The molecule has 0 saturated heterocycles. The van der Waals surface area contributed by atoms with Crippen molar-refractivity contribution in [2.24, 2.45) is 0 Å². The second kappa shape index (κ2) is 9.57. The van der Waals surface area contributed by atoms with Crippen molar-refractivity contribution in [1.82, 2.24) is 9.78 Å². The number of benzene rings is 1. The maximum Gasteiger partial charge on any atom is 0.341 e. The van der Waals surface area contributed by atoms with E-state index >= 15 is 0 Å². The summed E-state index contributed by atoms with van der Waals surface area (Å²) < 4.78 is 20.3. The zero-order chi connectivity index (χ0) is 22.7. The lowest BCUT2D eigenvalue weighted by molar-refractivity contribution is 0.0601. The van der Waals surface area contributed by atoms with Crippen LogP contribution in [0.25, 0.3) is 0 Å². The Kier molecular flexibility index (Phi) is 7.07. The summed E-state index contributed by atoms with van der Waals surface area (Å²) in [6.45, 7) is 8.23. The monoisotopic (exact) mass is 460 g/mol. The molecule has 0 aliphatic heterocycles. The number of hydrogen-bond acceptors (Lipinski definition) is 5. The zero-order valence-corrected chi connectivity index (χ0v) is 19.8. The highest BCUT2D eigenvalue weighted by atomic mass is 32.1. The maximum absolute atomic E-state index is 13.5. The number of aromatic nitrogens is 2. The van der Waals surface area contributed by atoms with Crippen LogP contribution in [-0.2, 0) is 17.7 Å². The summed E-state index contributed by atoms with van der Waals surface area (Å²) in [6, 6.07) is 6.45. The van der Waals surface area contributed by atoms with Crippen LogP contribution in [0.1, 0.15) is 44.7 Å². The molecule has 0 bridgehead atoms. The third kappa shape index (κ3) is 4.94. The van der Waals surface area contributed by atoms with Gasteiger partial charge in [-0.2, -0.15) is 5.10 Å². The SMILES string of the molecule is CCc1c(C)sc(NC(=S)Nc2c(C)nn(Cc3cccc(F)c3)c2C)c1C(=O)OC. The second-order valence-electron chi connectivity index (χ2n) is 7.10. The highest BCUT2D eigenvalue weighted by molar-refractivity contribution is 7.80. The lowest BCUT2D eigenvalue weighted by atomic mass is 10.1. The number of methoxy groups -OCH3 is 1. The van der Waals surface area contributed by atoms with Gasteiger partial charge in [0.15, 0.2) is 5.11 Å². The number of aryl methyl sites for hydroxylation is 2. The number of thiocarbonyl (C=S) groups is 1. The van der Waals surface area contributed by atoms with Crippen LogP contribution in [0, 0.1) is 26.6 Å². The largest absolute Gasteiger partial charge is 0.465 e. The molecule has 0 unspecified atom stereocenters. The van der Waals surface area contributed by atoms with Gasteiger partial charge in [0.2, 0.25) is 0 Å². The minimum Gasteiger partial charge on any atom is -0.465 e. The van der Waals surface area contributed by atoms with Crippen LogP contribution >= 0.6 is 23.6 Å². The van der Waals surface area contributed by atoms with E-state index in [0.29, 0.717) is 22.2 Å². The average Bonchev–Trinajstić information content (AvgIpc) is 3.17. The molecular formula is C22H25FN4O2S2. The topological polar surface area (TPSA) is 68.2 Å². The molecule has 0 aliphatic rings. The number of carbonyl (C=O) groups is 1. The fourth-order valence-electron chi connectivity index (χ4n) is 3.50. The number of nitrogens with one attached hydrogen (secondary N) is 2. The summed E-state index contributed by atoms with van der Waals surface area (Å²) in [5, 5.41) is 11.9. The quantitative estimate of drug-likeness (QED) is 0.389. The first-order valence-corrected chi connectivity index (χ1v) is 11.0. The van der Waals surface area contributed by atoms with Crippen LogP contribution in [-0.4, -0.2) is 28.0 Å². The van der Waals surface area contributed by atoms with Crippen molar-refractivity contribution in [3.63, 3.8) is 0 Å². The molecule has 0 amide bonds. The Morgan fingerprint density at radius 1 is 1.29 bits per heavy atom. The molecule has 3 rings (SSSR count). The van der Waals surface area contributed by atoms with Gasteiger partial charge in [-0.05, 0) is 62.7 Å². The molecule has 2 N–H and O–H groups in total. The Hall–Kier alpha value is -2.78. The van der Waals surface area contributed by atoms with E-state index in [1.165, 1.54) is 30.6 Å². The third-order valence-corrected chi connectivity index (χ3v) is 6.29. The zero-order valence-electron chi connectivity index (χ0n) is 18.1. The van der Waals surface area contributed by atoms with Crippen molar-refractivity contribution in [1.29, 1.82) is 0 Å². The molecule has 3 aromatic rings. The van der Waals surface area contributed by atoms with Crippen LogP contribution in [0.5, 0.6) is 0 Å². The molecule has 164 valence electrons. The normalized spacial score (nSPS) is 10.8. The molecule has 2 aromatic heterocycles. The number of rotatable bonds is 6. The lowest BCUT2D eigenvalue weighted by Crippen LogP contribution is -2.21. The molecule has 6 nitrogen and oxygen atoms in total. The molecule has 31 heavy (non-hydrogen) atoms. The minimum absolute atomic E-state index is 0.276. The van der Waals surface area contributed by atoms with E-state index in [1.807, 2.05) is 33.8 Å². The van der Waals surface area contributed by atoms with Crippen LogP contribution in [0.3, 0.4) is 0 Å². The smallest absolute Gasteiger partial charge is 0.341 e. The summed E-state index contributed by atoms with van der Waals surface area (Å²) in [7, 11) is 1.37. The Balaban J connectivity index is 1.80. The van der Waals surface area contributed by atoms with Gasteiger partial charge in [-0.15, -0.1) is 11.3 Å². The minimum atomic E-state index is -0.387. The second-order valence-corrected chi connectivity index (χ2v) is 8.73. The first-order valence-electron chi connectivity index (χ1n) is 9.82. The van der Waals surface area contributed by atoms with Gasteiger partial charge in [0.05, 0.1) is 36.3 Å². The summed E-state index contributed by atoms with van der Waals surface area (Å²) >= 11 is 6.98. The maximum atomic E-state index is 13.5. The number of thiophene rings is 1.